The molecule has 1 aromatic carbocycles. The van der Waals surface area contributed by atoms with E-state index < -0.39 is 0 Å². The number of H-pyrrole nitrogens is 1. The molecule has 0 aliphatic rings. The fourth-order valence-corrected chi connectivity index (χ4v) is 2.50. The van der Waals surface area contributed by atoms with E-state index in [4.69, 9.17) is 5.73 Å². The SMILES string of the molecule is CCc1ccc2nccc(NCc3nc(CN)cc(=O)[nH]3)c2c1. The van der Waals surface area contributed by atoms with Gasteiger partial charge in [0.15, 0.2) is 0 Å². The van der Waals surface area contributed by atoms with Gasteiger partial charge in [0.05, 0.1) is 17.8 Å². The number of nitrogens with one attached hydrogen (secondary N) is 2. The first-order valence-corrected chi connectivity index (χ1v) is 7.60. The lowest BCUT2D eigenvalue weighted by Gasteiger charge is -2.10. The van der Waals surface area contributed by atoms with Gasteiger partial charge in [0.2, 0.25) is 0 Å². The average molecular weight is 309 g/mol. The Balaban J connectivity index is 1.90. The number of aryl methyl sites for hydroxylation is 1. The van der Waals surface area contributed by atoms with Crippen LogP contribution in [0.15, 0.2) is 41.3 Å². The molecule has 6 heteroatoms. The zero-order valence-corrected chi connectivity index (χ0v) is 13.0. The van der Waals surface area contributed by atoms with Crippen LogP contribution in [0.25, 0.3) is 10.9 Å². The van der Waals surface area contributed by atoms with Crippen molar-refractivity contribution in [2.75, 3.05) is 5.32 Å². The predicted molar refractivity (Wildman–Crippen MR) is 91.2 cm³/mol. The van der Waals surface area contributed by atoms with Crippen molar-refractivity contribution in [1.82, 2.24) is 15.0 Å². The molecule has 0 aliphatic heterocycles. The van der Waals surface area contributed by atoms with Crippen LogP contribution in [0.5, 0.6) is 0 Å². The number of nitrogens with zero attached hydrogens (tertiary/aromatic N) is 2. The zero-order valence-electron chi connectivity index (χ0n) is 13.0. The van der Waals surface area contributed by atoms with Crippen molar-refractivity contribution in [3.63, 3.8) is 0 Å². The minimum absolute atomic E-state index is 0.190. The van der Waals surface area contributed by atoms with Crippen molar-refractivity contribution in [2.45, 2.75) is 26.4 Å². The van der Waals surface area contributed by atoms with Crippen LogP contribution in [0.4, 0.5) is 5.69 Å². The summed E-state index contributed by atoms with van der Waals surface area (Å²) in [6, 6.07) is 9.58. The first-order valence-electron chi connectivity index (χ1n) is 7.60. The summed E-state index contributed by atoms with van der Waals surface area (Å²) in [5, 5.41) is 4.38. The number of hydrogen-bond acceptors (Lipinski definition) is 5. The summed E-state index contributed by atoms with van der Waals surface area (Å²) in [5.74, 6) is 0.564. The lowest BCUT2D eigenvalue weighted by atomic mass is 10.1. The van der Waals surface area contributed by atoms with Crippen molar-refractivity contribution in [2.24, 2.45) is 5.73 Å². The second-order valence-corrected chi connectivity index (χ2v) is 5.30. The monoisotopic (exact) mass is 309 g/mol. The molecule has 0 saturated carbocycles. The number of fused-ring (bicyclic) bond motifs is 1. The topological polar surface area (TPSA) is 96.7 Å². The number of anilines is 1. The highest BCUT2D eigenvalue weighted by molar-refractivity contribution is 5.91. The standard InChI is InChI=1S/C17H19N5O/c1-2-11-3-4-14-13(7-11)15(5-6-19-14)20-10-16-21-12(9-18)8-17(23)22-16/h3-8H,2,9-10,18H2,1H3,(H,19,20)(H,21,22,23). The molecule has 2 heterocycles. The number of pyridine rings is 1. The van der Waals surface area contributed by atoms with Crippen molar-refractivity contribution >= 4 is 16.6 Å². The van der Waals surface area contributed by atoms with Gasteiger partial charge >= 0.3 is 0 Å². The summed E-state index contributed by atoms with van der Waals surface area (Å²) in [6.45, 7) is 2.78. The Kier molecular flexibility index (Phi) is 4.34. The molecule has 0 bridgehead atoms. The minimum atomic E-state index is -0.190. The molecule has 0 amide bonds. The van der Waals surface area contributed by atoms with Gasteiger partial charge in [0.25, 0.3) is 5.56 Å². The highest BCUT2D eigenvalue weighted by atomic mass is 16.1. The normalized spacial score (nSPS) is 10.9. The third-order valence-corrected chi connectivity index (χ3v) is 3.71. The average Bonchev–Trinajstić information content (AvgIpc) is 2.58. The van der Waals surface area contributed by atoms with Crippen LogP contribution in [-0.4, -0.2) is 15.0 Å². The van der Waals surface area contributed by atoms with Gasteiger partial charge in [0.1, 0.15) is 5.82 Å². The van der Waals surface area contributed by atoms with E-state index in [2.05, 4.69) is 39.3 Å². The molecular formula is C17H19N5O. The van der Waals surface area contributed by atoms with Gasteiger partial charge in [-0.2, -0.15) is 0 Å². The molecule has 0 saturated heterocycles. The largest absolute Gasteiger partial charge is 0.377 e. The fourth-order valence-electron chi connectivity index (χ4n) is 2.50. The van der Waals surface area contributed by atoms with Gasteiger partial charge in [0, 0.05) is 29.9 Å². The number of nitrogens with two attached hydrogens (primary N) is 1. The molecule has 3 rings (SSSR count). The Hall–Kier alpha value is -2.73. The first-order chi connectivity index (χ1) is 11.2. The first kappa shape index (κ1) is 15.2. The number of rotatable bonds is 5. The molecular weight excluding hydrogens is 290 g/mol. The summed E-state index contributed by atoms with van der Waals surface area (Å²) in [6.07, 6.45) is 2.74. The highest BCUT2D eigenvalue weighted by Gasteiger charge is 2.05. The molecule has 23 heavy (non-hydrogen) atoms. The van der Waals surface area contributed by atoms with E-state index in [9.17, 15) is 4.79 Å². The lowest BCUT2D eigenvalue weighted by Crippen LogP contribution is -2.17. The van der Waals surface area contributed by atoms with Gasteiger partial charge < -0.3 is 16.0 Å². The van der Waals surface area contributed by atoms with Gasteiger partial charge in [-0.3, -0.25) is 9.78 Å². The maximum absolute atomic E-state index is 11.6. The summed E-state index contributed by atoms with van der Waals surface area (Å²) in [5.41, 5.74) is 9.10. The number of aromatic nitrogens is 3. The van der Waals surface area contributed by atoms with E-state index in [1.165, 1.54) is 11.6 Å². The van der Waals surface area contributed by atoms with Crippen molar-refractivity contribution in [3.8, 4) is 0 Å². The lowest BCUT2D eigenvalue weighted by molar-refractivity contribution is 0.866. The molecule has 0 aliphatic carbocycles. The predicted octanol–water partition coefficient (Wildman–Crippen LogP) is 1.95. The van der Waals surface area contributed by atoms with Crippen LogP contribution in [0.1, 0.15) is 24.0 Å². The Bertz CT molecular complexity index is 888. The van der Waals surface area contributed by atoms with E-state index in [-0.39, 0.29) is 12.1 Å². The van der Waals surface area contributed by atoms with Crippen LogP contribution in [0.2, 0.25) is 0 Å². The van der Waals surface area contributed by atoms with Gasteiger partial charge in [-0.15, -0.1) is 0 Å². The molecule has 3 aromatic rings. The fraction of sp³-hybridized carbons (Fsp3) is 0.235. The van der Waals surface area contributed by atoms with Gasteiger partial charge in [-0.25, -0.2) is 4.98 Å². The smallest absolute Gasteiger partial charge is 0.251 e. The molecule has 4 N–H and O–H groups in total. The molecule has 0 fully saturated rings. The number of benzene rings is 1. The van der Waals surface area contributed by atoms with E-state index in [1.807, 2.05) is 12.1 Å². The summed E-state index contributed by atoms with van der Waals surface area (Å²) < 4.78 is 0. The Labute approximate surface area is 133 Å². The second kappa shape index (κ2) is 6.58. The molecule has 0 spiro atoms. The van der Waals surface area contributed by atoms with E-state index in [0.29, 0.717) is 18.1 Å². The van der Waals surface area contributed by atoms with Gasteiger partial charge in [-0.05, 0) is 30.2 Å². The van der Waals surface area contributed by atoms with Crippen LogP contribution >= 0.6 is 0 Å². The van der Waals surface area contributed by atoms with Crippen molar-refractivity contribution in [3.05, 3.63) is 64.0 Å². The molecule has 6 nitrogen and oxygen atoms in total. The second-order valence-electron chi connectivity index (χ2n) is 5.30. The summed E-state index contributed by atoms with van der Waals surface area (Å²) >= 11 is 0. The van der Waals surface area contributed by atoms with E-state index >= 15 is 0 Å². The van der Waals surface area contributed by atoms with E-state index in [1.54, 1.807) is 6.20 Å². The number of aromatic amines is 1. The third-order valence-electron chi connectivity index (χ3n) is 3.71. The summed E-state index contributed by atoms with van der Waals surface area (Å²) in [4.78, 5) is 23.0. The van der Waals surface area contributed by atoms with Crippen molar-refractivity contribution in [1.29, 1.82) is 0 Å². The molecule has 2 aromatic heterocycles. The molecule has 0 atom stereocenters. The third kappa shape index (κ3) is 3.37. The van der Waals surface area contributed by atoms with Gasteiger partial charge in [-0.1, -0.05) is 13.0 Å². The number of hydrogen-bond donors (Lipinski definition) is 3. The minimum Gasteiger partial charge on any atom is -0.377 e. The van der Waals surface area contributed by atoms with Crippen LogP contribution in [0, 0.1) is 0 Å². The zero-order chi connectivity index (χ0) is 16.2. The Morgan fingerprint density at radius 3 is 2.91 bits per heavy atom. The van der Waals surface area contributed by atoms with E-state index in [0.717, 1.165) is 23.0 Å². The highest BCUT2D eigenvalue weighted by Crippen LogP contribution is 2.23. The Morgan fingerprint density at radius 1 is 1.26 bits per heavy atom. The summed E-state index contributed by atoms with van der Waals surface area (Å²) in [7, 11) is 0. The van der Waals surface area contributed by atoms with Crippen molar-refractivity contribution < 1.29 is 0 Å². The molecule has 0 unspecified atom stereocenters. The Morgan fingerprint density at radius 2 is 2.13 bits per heavy atom. The maximum Gasteiger partial charge on any atom is 0.251 e. The van der Waals surface area contributed by atoms with Crippen LogP contribution < -0.4 is 16.6 Å². The quantitative estimate of drug-likeness (QED) is 0.669. The maximum atomic E-state index is 11.6. The van der Waals surface area contributed by atoms with Crippen LogP contribution in [0.3, 0.4) is 0 Å². The van der Waals surface area contributed by atoms with Crippen LogP contribution in [-0.2, 0) is 19.5 Å². The molecule has 118 valence electrons. The molecule has 0 radical (unpaired) electrons.